The lowest BCUT2D eigenvalue weighted by Crippen LogP contribution is -2.22. The van der Waals surface area contributed by atoms with Gasteiger partial charge in [-0.15, -0.1) is 0 Å². The van der Waals surface area contributed by atoms with Crippen LogP contribution in [0.1, 0.15) is 31.4 Å². The highest BCUT2D eigenvalue weighted by Gasteiger charge is 2.26. The van der Waals surface area contributed by atoms with E-state index >= 15 is 0 Å². The molecule has 1 fully saturated rings. The Hall–Kier alpha value is -3.00. The Bertz CT molecular complexity index is 850. The van der Waals surface area contributed by atoms with Gasteiger partial charge in [0.2, 0.25) is 5.91 Å². The van der Waals surface area contributed by atoms with E-state index in [1.807, 2.05) is 36.0 Å². The maximum atomic E-state index is 11.2. The molecule has 8 nitrogen and oxygen atoms in total. The number of rotatable bonds is 5. The van der Waals surface area contributed by atoms with Crippen molar-refractivity contribution >= 4 is 30.0 Å². The second-order valence-corrected chi connectivity index (χ2v) is 6.38. The minimum atomic E-state index is -0.123. The van der Waals surface area contributed by atoms with Crippen LogP contribution in [-0.2, 0) is 9.53 Å². The number of amides is 1. The third-order valence-electron chi connectivity index (χ3n) is 4.56. The summed E-state index contributed by atoms with van der Waals surface area (Å²) < 4.78 is 7.40. The Labute approximate surface area is 158 Å². The molecule has 1 aliphatic rings. The first-order chi connectivity index (χ1) is 13.0. The van der Waals surface area contributed by atoms with Crippen molar-refractivity contribution in [3.05, 3.63) is 29.8 Å². The van der Waals surface area contributed by atoms with Crippen LogP contribution in [0.5, 0.6) is 0 Å². The molecule has 2 aromatic rings. The molecule has 142 valence electrons. The van der Waals surface area contributed by atoms with Crippen LogP contribution < -0.4 is 10.6 Å². The van der Waals surface area contributed by atoms with Crippen molar-refractivity contribution < 1.29 is 9.53 Å². The van der Waals surface area contributed by atoms with Gasteiger partial charge in [0.05, 0.1) is 11.6 Å². The van der Waals surface area contributed by atoms with Crippen LogP contribution >= 0.6 is 0 Å². The number of nitrogens with one attached hydrogen (secondary N) is 3. The number of amidine groups is 1. The predicted octanol–water partition coefficient (Wildman–Crippen LogP) is 2.93. The lowest BCUT2D eigenvalue weighted by Gasteiger charge is -2.24. The number of aromatic nitrogens is 2. The van der Waals surface area contributed by atoms with Crippen LogP contribution in [0.4, 0.5) is 11.5 Å². The van der Waals surface area contributed by atoms with E-state index in [-0.39, 0.29) is 17.8 Å². The van der Waals surface area contributed by atoms with Gasteiger partial charge in [-0.3, -0.25) is 10.2 Å². The monoisotopic (exact) mass is 368 g/mol. The second kappa shape index (κ2) is 8.13. The fourth-order valence-corrected chi connectivity index (χ4v) is 3.29. The van der Waals surface area contributed by atoms with Crippen LogP contribution in [0.3, 0.4) is 0 Å². The molecule has 1 amide bonds. The highest BCUT2D eigenvalue weighted by atomic mass is 16.5. The summed E-state index contributed by atoms with van der Waals surface area (Å²) in [4.78, 5) is 15.0. The highest BCUT2D eigenvalue weighted by Crippen LogP contribution is 2.34. The van der Waals surface area contributed by atoms with Gasteiger partial charge >= 0.3 is 0 Å². The molecule has 0 spiro atoms. The van der Waals surface area contributed by atoms with Crippen molar-refractivity contribution in [1.29, 1.82) is 5.41 Å². The van der Waals surface area contributed by atoms with Gasteiger partial charge in [0.1, 0.15) is 11.5 Å². The molecule has 0 bridgehead atoms. The first kappa shape index (κ1) is 18.8. The van der Waals surface area contributed by atoms with Crippen molar-refractivity contribution in [2.45, 2.75) is 25.8 Å². The van der Waals surface area contributed by atoms with Crippen LogP contribution in [0, 0.1) is 5.41 Å². The van der Waals surface area contributed by atoms with Gasteiger partial charge in [0.25, 0.3) is 0 Å². The third kappa shape index (κ3) is 3.90. The zero-order chi connectivity index (χ0) is 19.4. The number of anilines is 2. The van der Waals surface area contributed by atoms with E-state index < -0.39 is 0 Å². The Morgan fingerprint density at radius 3 is 2.56 bits per heavy atom. The van der Waals surface area contributed by atoms with E-state index in [1.54, 1.807) is 0 Å². The van der Waals surface area contributed by atoms with Crippen molar-refractivity contribution in [3.63, 3.8) is 0 Å². The number of aliphatic imine (C=N–C) groups is 1. The number of carbonyl (C=O) groups excluding carboxylic acids is 1. The summed E-state index contributed by atoms with van der Waals surface area (Å²) in [6.45, 7) is 6.37. The fourth-order valence-electron chi connectivity index (χ4n) is 3.29. The predicted molar refractivity (Wildman–Crippen MR) is 107 cm³/mol. The Morgan fingerprint density at radius 1 is 1.33 bits per heavy atom. The molecule has 1 aliphatic heterocycles. The van der Waals surface area contributed by atoms with Crippen molar-refractivity contribution in [3.8, 4) is 11.3 Å². The molecule has 0 aliphatic carbocycles. The summed E-state index contributed by atoms with van der Waals surface area (Å²) >= 11 is 0. The molecule has 3 N–H and O–H groups in total. The molecule has 0 radical (unpaired) electrons. The largest absolute Gasteiger partial charge is 0.381 e. The lowest BCUT2D eigenvalue weighted by molar-refractivity contribution is -0.114. The fraction of sp³-hybridized carbons (Fsp3) is 0.368. The quantitative estimate of drug-likeness (QED) is 0.557. The van der Waals surface area contributed by atoms with E-state index in [0.717, 1.165) is 24.2 Å². The van der Waals surface area contributed by atoms with Gasteiger partial charge < -0.3 is 15.4 Å². The molecule has 27 heavy (non-hydrogen) atoms. The molecular weight excluding hydrogens is 344 g/mol. The topological polar surface area (TPSA) is 104 Å². The standard InChI is InChI=1S/C19H24N6O2/c1-12(26)23-14-6-4-13(5-7-14)17-16(18(20)21-2)19(22-3)25(24-17)15-8-10-27-11-9-15/h4-7,15,20,22H,2,8-11H2,1,3H3,(H,23,26). The smallest absolute Gasteiger partial charge is 0.221 e. The zero-order valence-electron chi connectivity index (χ0n) is 15.6. The first-order valence-electron chi connectivity index (χ1n) is 8.86. The van der Waals surface area contributed by atoms with Gasteiger partial charge in [-0.05, 0) is 31.7 Å². The highest BCUT2D eigenvalue weighted by molar-refractivity contribution is 6.08. The molecule has 1 saturated heterocycles. The number of hydrogen-bond acceptors (Lipinski definition) is 5. The molecule has 0 atom stereocenters. The molecule has 2 heterocycles. The van der Waals surface area contributed by atoms with E-state index in [2.05, 4.69) is 22.3 Å². The van der Waals surface area contributed by atoms with Gasteiger partial charge in [-0.2, -0.15) is 5.10 Å². The first-order valence-corrected chi connectivity index (χ1v) is 8.86. The Morgan fingerprint density at radius 2 is 2.00 bits per heavy atom. The molecule has 0 saturated carbocycles. The number of ether oxygens (including phenoxy) is 1. The average Bonchev–Trinajstić information content (AvgIpc) is 3.07. The van der Waals surface area contributed by atoms with Gasteiger partial charge in [0.15, 0.2) is 5.84 Å². The van der Waals surface area contributed by atoms with Crippen LogP contribution in [0.2, 0.25) is 0 Å². The van der Waals surface area contributed by atoms with Gasteiger partial charge in [-0.25, -0.2) is 9.67 Å². The van der Waals surface area contributed by atoms with E-state index in [9.17, 15) is 4.79 Å². The average molecular weight is 368 g/mol. The van der Waals surface area contributed by atoms with Crippen LogP contribution in [0.15, 0.2) is 29.3 Å². The summed E-state index contributed by atoms with van der Waals surface area (Å²) in [6, 6.07) is 7.59. The van der Waals surface area contributed by atoms with E-state index in [4.69, 9.17) is 15.2 Å². The summed E-state index contributed by atoms with van der Waals surface area (Å²) in [7, 11) is 1.82. The number of carbonyl (C=O) groups is 1. The second-order valence-electron chi connectivity index (χ2n) is 6.38. The molecule has 1 aromatic carbocycles. The summed E-state index contributed by atoms with van der Waals surface area (Å²) in [5.74, 6) is 0.696. The molecular formula is C19H24N6O2. The summed E-state index contributed by atoms with van der Waals surface area (Å²) in [6.07, 6.45) is 1.73. The number of hydrogen-bond donors (Lipinski definition) is 3. The zero-order valence-corrected chi connectivity index (χ0v) is 15.6. The van der Waals surface area contributed by atoms with Crippen LogP contribution in [0.25, 0.3) is 11.3 Å². The normalized spacial score (nSPS) is 14.6. The minimum Gasteiger partial charge on any atom is -0.381 e. The Balaban J connectivity index is 2.07. The minimum absolute atomic E-state index is 0.0681. The number of benzene rings is 1. The molecule has 0 unspecified atom stereocenters. The summed E-state index contributed by atoms with van der Waals surface area (Å²) in [5, 5.41) is 19.0. The van der Waals surface area contributed by atoms with Crippen molar-refractivity contribution in [2.24, 2.45) is 4.99 Å². The van der Waals surface area contributed by atoms with Crippen LogP contribution in [-0.4, -0.2) is 48.5 Å². The maximum Gasteiger partial charge on any atom is 0.221 e. The SMILES string of the molecule is C=NC(=N)c1c(-c2ccc(NC(C)=O)cc2)nn(C2CCOCC2)c1NC. The number of nitrogens with zero attached hydrogens (tertiary/aromatic N) is 3. The molecule has 1 aromatic heterocycles. The molecule has 3 rings (SSSR count). The van der Waals surface area contributed by atoms with E-state index in [1.165, 1.54) is 6.92 Å². The molecule has 8 heteroatoms. The maximum absolute atomic E-state index is 11.2. The Kier molecular flexibility index (Phi) is 5.66. The van der Waals surface area contributed by atoms with Gasteiger partial charge in [0, 0.05) is 38.4 Å². The van der Waals surface area contributed by atoms with Crippen molar-refractivity contribution in [1.82, 2.24) is 9.78 Å². The summed E-state index contributed by atoms with van der Waals surface area (Å²) in [5.41, 5.74) is 2.83. The third-order valence-corrected chi connectivity index (χ3v) is 4.56. The van der Waals surface area contributed by atoms with Gasteiger partial charge in [-0.1, -0.05) is 12.1 Å². The van der Waals surface area contributed by atoms with Crippen molar-refractivity contribution in [2.75, 3.05) is 30.9 Å². The van der Waals surface area contributed by atoms with E-state index in [0.29, 0.717) is 30.2 Å². The lowest BCUT2D eigenvalue weighted by atomic mass is 10.1.